The third kappa shape index (κ3) is 3.75. The molecule has 0 aliphatic heterocycles. The van der Waals surface area contributed by atoms with Crippen molar-refractivity contribution in [3.63, 3.8) is 0 Å². The molecule has 148 valence electrons. The molecule has 1 saturated carbocycles. The molecule has 0 unspecified atom stereocenters. The van der Waals surface area contributed by atoms with Crippen LogP contribution in [0.3, 0.4) is 0 Å². The number of ketones is 1. The van der Waals surface area contributed by atoms with Gasteiger partial charge >= 0.3 is 5.97 Å². The number of hydrogen-bond acceptors (Lipinski definition) is 3. The fourth-order valence-electron chi connectivity index (χ4n) is 4.63. The van der Waals surface area contributed by atoms with E-state index >= 15 is 0 Å². The number of fused-ring (bicyclic) bond motifs is 1. The van der Waals surface area contributed by atoms with Crippen molar-refractivity contribution in [1.29, 1.82) is 0 Å². The summed E-state index contributed by atoms with van der Waals surface area (Å²) in [5.41, 5.74) is 3.44. The summed E-state index contributed by atoms with van der Waals surface area (Å²) >= 11 is 0. The van der Waals surface area contributed by atoms with Gasteiger partial charge in [-0.05, 0) is 61.3 Å². The topological polar surface area (TPSA) is 59.2 Å². The van der Waals surface area contributed by atoms with E-state index in [1.807, 2.05) is 6.92 Å². The molecule has 2 aromatic rings. The number of Topliss-reactive ketones (excluding diaryl/α,β-unsaturated/α-hetero) is 1. The summed E-state index contributed by atoms with van der Waals surface area (Å²) in [5, 5.41) is 0. The summed E-state index contributed by atoms with van der Waals surface area (Å²) in [5.74, 6) is -0.193. The van der Waals surface area contributed by atoms with Crippen molar-refractivity contribution in [2.24, 2.45) is 5.92 Å². The maximum atomic E-state index is 13.2. The maximum Gasteiger partial charge on any atom is 0.355 e. The van der Waals surface area contributed by atoms with Gasteiger partial charge in [0.15, 0.2) is 5.78 Å². The van der Waals surface area contributed by atoms with Crippen LogP contribution in [0.25, 0.3) is 0 Å². The van der Waals surface area contributed by atoms with Gasteiger partial charge in [-0.2, -0.15) is 0 Å². The van der Waals surface area contributed by atoms with Gasteiger partial charge in [-0.1, -0.05) is 31.4 Å². The zero-order valence-corrected chi connectivity index (χ0v) is 16.2. The molecule has 4 nitrogen and oxygen atoms in total. The van der Waals surface area contributed by atoms with Crippen molar-refractivity contribution >= 4 is 11.8 Å². The van der Waals surface area contributed by atoms with Crippen LogP contribution in [-0.2, 0) is 11.2 Å². The average Bonchev–Trinajstić information content (AvgIpc) is 3.04. The number of aromatic amines is 1. The number of ether oxygens (including phenoxy) is 1. The highest BCUT2D eigenvalue weighted by atomic mass is 19.1. The van der Waals surface area contributed by atoms with Crippen molar-refractivity contribution in [1.82, 2.24) is 4.98 Å². The van der Waals surface area contributed by atoms with Crippen LogP contribution in [-0.4, -0.2) is 23.3 Å². The molecule has 2 aliphatic rings. The predicted octanol–water partition coefficient (Wildman–Crippen LogP) is 5.11. The Labute approximate surface area is 164 Å². The quantitative estimate of drug-likeness (QED) is 0.746. The van der Waals surface area contributed by atoms with E-state index in [4.69, 9.17) is 4.74 Å². The molecule has 0 bridgehead atoms. The normalized spacial score (nSPS) is 20.1. The molecule has 5 heteroatoms. The number of H-pyrrole nitrogens is 1. The fraction of sp³-hybridized carbons (Fsp3) is 0.478. The van der Waals surface area contributed by atoms with Gasteiger partial charge in [0.25, 0.3) is 0 Å². The van der Waals surface area contributed by atoms with Crippen molar-refractivity contribution in [3.8, 4) is 0 Å². The van der Waals surface area contributed by atoms with Crippen LogP contribution < -0.4 is 0 Å². The van der Waals surface area contributed by atoms with Gasteiger partial charge in [0.05, 0.1) is 6.61 Å². The lowest BCUT2D eigenvalue weighted by Gasteiger charge is -2.22. The second-order valence-electron chi connectivity index (χ2n) is 8.16. The molecule has 1 N–H and O–H groups in total. The summed E-state index contributed by atoms with van der Waals surface area (Å²) < 4.78 is 18.8. The molecule has 1 atom stereocenters. The summed E-state index contributed by atoms with van der Waals surface area (Å²) in [6, 6.07) is 6.30. The first kappa shape index (κ1) is 18.9. The molecule has 4 rings (SSSR count). The molecule has 0 saturated heterocycles. The van der Waals surface area contributed by atoms with E-state index in [2.05, 4.69) is 4.98 Å². The Kier molecular flexibility index (Phi) is 5.33. The summed E-state index contributed by atoms with van der Waals surface area (Å²) in [6.45, 7) is 2.26. The van der Waals surface area contributed by atoms with E-state index in [9.17, 15) is 14.0 Å². The SMILES string of the molecule is Cc1c(C(=O)OCC2CCCCC2)[nH]c2c1C(=O)C[C@H](c1ccc(F)cc1)C2. The molecular weight excluding hydrogens is 357 g/mol. The second kappa shape index (κ2) is 7.90. The first-order valence-electron chi connectivity index (χ1n) is 10.2. The minimum absolute atomic E-state index is 0.00948. The third-order valence-electron chi connectivity index (χ3n) is 6.21. The zero-order chi connectivity index (χ0) is 19.7. The Morgan fingerprint density at radius 3 is 2.57 bits per heavy atom. The largest absolute Gasteiger partial charge is 0.461 e. The van der Waals surface area contributed by atoms with Gasteiger partial charge in [0, 0.05) is 17.7 Å². The molecule has 28 heavy (non-hydrogen) atoms. The first-order chi connectivity index (χ1) is 13.5. The van der Waals surface area contributed by atoms with Gasteiger partial charge in [-0.3, -0.25) is 4.79 Å². The predicted molar refractivity (Wildman–Crippen MR) is 104 cm³/mol. The van der Waals surface area contributed by atoms with E-state index in [1.54, 1.807) is 12.1 Å². The molecule has 1 aromatic carbocycles. The van der Waals surface area contributed by atoms with Crippen LogP contribution >= 0.6 is 0 Å². The van der Waals surface area contributed by atoms with E-state index in [-0.39, 0.29) is 23.5 Å². The van der Waals surface area contributed by atoms with Crippen LogP contribution in [0.4, 0.5) is 4.39 Å². The fourth-order valence-corrected chi connectivity index (χ4v) is 4.63. The van der Waals surface area contributed by atoms with Gasteiger partial charge in [0.2, 0.25) is 0 Å². The van der Waals surface area contributed by atoms with Gasteiger partial charge in [-0.15, -0.1) is 0 Å². The highest BCUT2D eigenvalue weighted by Crippen LogP contribution is 2.35. The van der Waals surface area contributed by atoms with Crippen LogP contribution in [0.15, 0.2) is 24.3 Å². The highest BCUT2D eigenvalue weighted by Gasteiger charge is 2.32. The van der Waals surface area contributed by atoms with E-state index < -0.39 is 0 Å². The van der Waals surface area contributed by atoms with Crippen LogP contribution in [0.1, 0.15) is 82.1 Å². The maximum absolute atomic E-state index is 13.2. The third-order valence-corrected chi connectivity index (χ3v) is 6.21. The minimum Gasteiger partial charge on any atom is -0.461 e. The van der Waals surface area contributed by atoms with Crippen LogP contribution in [0.5, 0.6) is 0 Å². The lowest BCUT2D eigenvalue weighted by Crippen LogP contribution is -2.18. The summed E-state index contributed by atoms with van der Waals surface area (Å²) in [6.07, 6.45) is 6.91. The molecule has 0 amide bonds. The lowest BCUT2D eigenvalue weighted by atomic mass is 9.81. The van der Waals surface area contributed by atoms with E-state index in [0.29, 0.717) is 42.2 Å². The minimum atomic E-state index is -0.372. The number of carbonyl (C=O) groups is 2. The Balaban J connectivity index is 1.50. The van der Waals surface area contributed by atoms with Crippen LogP contribution in [0.2, 0.25) is 0 Å². The molecule has 0 spiro atoms. The van der Waals surface area contributed by atoms with Crippen molar-refractivity contribution in [3.05, 3.63) is 58.2 Å². The molecule has 1 heterocycles. The number of esters is 1. The Morgan fingerprint density at radius 2 is 1.86 bits per heavy atom. The number of halogens is 1. The second-order valence-corrected chi connectivity index (χ2v) is 8.16. The van der Waals surface area contributed by atoms with Gasteiger partial charge in [-0.25, -0.2) is 9.18 Å². The first-order valence-corrected chi connectivity index (χ1v) is 10.2. The van der Waals surface area contributed by atoms with E-state index in [1.165, 1.54) is 31.4 Å². The Morgan fingerprint density at radius 1 is 1.14 bits per heavy atom. The average molecular weight is 383 g/mol. The zero-order valence-electron chi connectivity index (χ0n) is 16.2. The number of carbonyl (C=O) groups excluding carboxylic acids is 2. The number of benzene rings is 1. The molecule has 0 radical (unpaired) electrons. The van der Waals surface area contributed by atoms with Crippen LogP contribution in [0, 0.1) is 18.7 Å². The lowest BCUT2D eigenvalue weighted by molar-refractivity contribution is 0.0403. The number of nitrogens with one attached hydrogen (secondary N) is 1. The summed E-state index contributed by atoms with van der Waals surface area (Å²) in [4.78, 5) is 28.5. The van der Waals surface area contributed by atoms with E-state index in [0.717, 1.165) is 24.1 Å². The number of aromatic nitrogens is 1. The monoisotopic (exact) mass is 383 g/mol. The number of hydrogen-bond donors (Lipinski definition) is 1. The molecule has 2 aliphatic carbocycles. The van der Waals surface area contributed by atoms with Crippen molar-refractivity contribution in [2.45, 2.75) is 57.8 Å². The van der Waals surface area contributed by atoms with Gasteiger partial charge in [0.1, 0.15) is 11.5 Å². The Bertz CT molecular complexity index is 878. The highest BCUT2D eigenvalue weighted by molar-refractivity contribution is 6.03. The van der Waals surface area contributed by atoms with Crippen molar-refractivity contribution in [2.75, 3.05) is 6.61 Å². The molecule has 1 fully saturated rings. The standard InChI is InChI=1S/C23H26FNO3/c1-14-21-19(11-17(12-20(21)26)16-7-9-18(24)10-8-16)25-22(14)23(27)28-13-15-5-3-2-4-6-15/h7-10,15,17,25H,2-6,11-13H2,1H3/t17-/m1/s1. The smallest absolute Gasteiger partial charge is 0.355 e. The van der Waals surface area contributed by atoms with Crippen molar-refractivity contribution < 1.29 is 18.7 Å². The molecular formula is C23H26FNO3. The Hall–Kier alpha value is -2.43. The summed E-state index contributed by atoms with van der Waals surface area (Å²) in [7, 11) is 0. The molecule has 1 aromatic heterocycles. The van der Waals surface area contributed by atoms with Gasteiger partial charge < -0.3 is 9.72 Å². The number of rotatable bonds is 4.